The number of aromatic nitrogens is 2. The number of thioether (sulfide) groups is 1. The van der Waals surface area contributed by atoms with Crippen LogP contribution in [0.15, 0.2) is 85.7 Å². The molecule has 0 atom stereocenters. The molecular formula is C25H18BrClN2O5S. The predicted octanol–water partition coefficient (Wildman–Crippen LogP) is 6.96. The van der Waals surface area contributed by atoms with Crippen LogP contribution in [0.1, 0.15) is 11.1 Å². The molecule has 178 valence electrons. The molecule has 0 saturated heterocycles. The van der Waals surface area contributed by atoms with Gasteiger partial charge in [0.05, 0.1) is 17.1 Å². The van der Waals surface area contributed by atoms with Gasteiger partial charge < -0.3 is 19.0 Å². The average molecular weight is 574 g/mol. The highest BCUT2D eigenvalue weighted by molar-refractivity contribution is 9.10. The lowest BCUT2D eigenvalue weighted by Gasteiger charge is -2.09. The Kier molecular flexibility index (Phi) is 8.12. The molecule has 0 amide bonds. The third-order valence-electron chi connectivity index (χ3n) is 4.70. The van der Waals surface area contributed by atoms with Crippen molar-refractivity contribution in [2.75, 3.05) is 7.11 Å². The number of carboxylic acid groups (broad SMARTS) is 1. The second-order valence-corrected chi connectivity index (χ2v) is 9.38. The SMILES string of the molecule is COc1ccc(Cl)cc1-c1nnc(S/C(=C\c2ccc(OCc3ccccc3)c(Br)c2)C(=O)O)o1. The first-order chi connectivity index (χ1) is 16.9. The Morgan fingerprint density at radius 1 is 1.11 bits per heavy atom. The van der Waals surface area contributed by atoms with Gasteiger partial charge in [-0.25, -0.2) is 4.79 Å². The van der Waals surface area contributed by atoms with E-state index in [2.05, 4.69) is 26.1 Å². The molecule has 4 rings (SSSR count). The zero-order valence-electron chi connectivity index (χ0n) is 18.3. The lowest BCUT2D eigenvalue weighted by Crippen LogP contribution is -1.98. The third kappa shape index (κ3) is 6.45. The molecular weight excluding hydrogens is 556 g/mol. The van der Waals surface area contributed by atoms with Crippen molar-refractivity contribution in [2.24, 2.45) is 0 Å². The molecule has 1 heterocycles. The molecule has 0 aliphatic rings. The van der Waals surface area contributed by atoms with Crippen LogP contribution in [-0.4, -0.2) is 28.4 Å². The summed E-state index contributed by atoms with van der Waals surface area (Å²) in [7, 11) is 1.51. The van der Waals surface area contributed by atoms with Crippen LogP contribution in [0.25, 0.3) is 17.5 Å². The number of aliphatic carboxylic acids is 1. The Balaban J connectivity index is 1.51. The number of nitrogens with zero attached hydrogens (tertiary/aromatic N) is 2. The summed E-state index contributed by atoms with van der Waals surface area (Å²) in [6.45, 7) is 0.418. The van der Waals surface area contributed by atoms with Crippen LogP contribution in [-0.2, 0) is 11.4 Å². The molecule has 0 bridgehead atoms. The van der Waals surface area contributed by atoms with Crippen LogP contribution < -0.4 is 9.47 Å². The summed E-state index contributed by atoms with van der Waals surface area (Å²) in [6, 6.07) is 20.1. The number of hydrogen-bond donors (Lipinski definition) is 1. The van der Waals surface area contributed by atoms with E-state index in [4.69, 9.17) is 25.5 Å². The predicted molar refractivity (Wildman–Crippen MR) is 138 cm³/mol. The van der Waals surface area contributed by atoms with E-state index in [0.29, 0.717) is 38.7 Å². The standard InChI is InChI=1S/C25H18BrClN2O5S/c1-32-20-10-8-17(27)13-18(20)23-28-29-25(34-23)35-22(24(30)31)12-16-7-9-21(19(26)11-16)33-14-15-5-3-2-4-6-15/h2-13H,14H2,1H3,(H,30,31)/b22-12-. The van der Waals surface area contributed by atoms with E-state index in [0.717, 1.165) is 17.3 Å². The summed E-state index contributed by atoms with van der Waals surface area (Å²) >= 11 is 10.4. The van der Waals surface area contributed by atoms with Crippen LogP contribution >= 0.6 is 39.3 Å². The molecule has 1 N–H and O–H groups in total. The quantitative estimate of drug-likeness (QED) is 0.170. The number of ether oxygens (including phenoxy) is 2. The van der Waals surface area contributed by atoms with Crippen LogP contribution in [0.5, 0.6) is 11.5 Å². The minimum Gasteiger partial charge on any atom is -0.496 e. The second kappa shape index (κ2) is 11.4. The van der Waals surface area contributed by atoms with Gasteiger partial charge in [-0.3, -0.25) is 0 Å². The Morgan fingerprint density at radius 3 is 2.60 bits per heavy atom. The number of carboxylic acids is 1. The number of benzene rings is 3. The first kappa shape index (κ1) is 24.8. The van der Waals surface area contributed by atoms with E-state index in [-0.39, 0.29) is 16.0 Å². The smallest absolute Gasteiger partial charge is 0.342 e. The molecule has 7 nitrogen and oxygen atoms in total. The normalized spacial score (nSPS) is 11.3. The van der Waals surface area contributed by atoms with Crippen molar-refractivity contribution in [2.45, 2.75) is 11.8 Å². The van der Waals surface area contributed by atoms with Crippen molar-refractivity contribution in [1.82, 2.24) is 10.2 Å². The highest BCUT2D eigenvalue weighted by Gasteiger charge is 2.18. The van der Waals surface area contributed by atoms with Crippen molar-refractivity contribution in [3.8, 4) is 23.0 Å². The van der Waals surface area contributed by atoms with Gasteiger partial charge in [0, 0.05) is 5.02 Å². The van der Waals surface area contributed by atoms with E-state index in [1.165, 1.54) is 13.2 Å². The number of halogens is 2. The summed E-state index contributed by atoms with van der Waals surface area (Å²) in [5.74, 6) is 0.186. The number of methoxy groups -OCH3 is 1. The molecule has 0 saturated carbocycles. The van der Waals surface area contributed by atoms with Crippen LogP contribution in [0.2, 0.25) is 5.02 Å². The maximum atomic E-state index is 11.9. The fourth-order valence-electron chi connectivity index (χ4n) is 3.05. The molecule has 1 aromatic heterocycles. The zero-order chi connectivity index (χ0) is 24.8. The van der Waals surface area contributed by atoms with Crippen molar-refractivity contribution in [3.63, 3.8) is 0 Å². The molecule has 0 unspecified atom stereocenters. The van der Waals surface area contributed by atoms with Gasteiger partial charge in [-0.05, 0) is 75.2 Å². The Bertz CT molecular complexity index is 1380. The van der Waals surface area contributed by atoms with Gasteiger partial charge in [0.2, 0.25) is 0 Å². The summed E-state index contributed by atoms with van der Waals surface area (Å²) in [5, 5.41) is 18.2. The van der Waals surface area contributed by atoms with Gasteiger partial charge in [0.25, 0.3) is 11.1 Å². The molecule has 0 aliphatic heterocycles. The van der Waals surface area contributed by atoms with E-state index in [9.17, 15) is 9.90 Å². The summed E-state index contributed by atoms with van der Waals surface area (Å²) < 4.78 is 17.5. The average Bonchev–Trinajstić information content (AvgIpc) is 3.32. The first-order valence-electron chi connectivity index (χ1n) is 10.2. The Labute approximate surface area is 218 Å². The molecule has 3 aromatic carbocycles. The lowest BCUT2D eigenvalue weighted by molar-refractivity contribution is -0.131. The minimum absolute atomic E-state index is 0.00288. The van der Waals surface area contributed by atoms with Crippen molar-refractivity contribution < 1.29 is 23.8 Å². The van der Waals surface area contributed by atoms with E-state index < -0.39 is 5.97 Å². The topological polar surface area (TPSA) is 94.7 Å². The number of hydrogen-bond acceptors (Lipinski definition) is 7. The zero-order valence-corrected chi connectivity index (χ0v) is 21.4. The molecule has 35 heavy (non-hydrogen) atoms. The van der Waals surface area contributed by atoms with Gasteiger partial charge in [0.1, 0.15) is 23.0 Å². The molecule has 0 radical (unpaired) electrons. The number of rotatable bonds is 9. The van der Waals surface area contributed by atoms with Crippen molar-refractivity contribution >= 4 is 51.3 Å². The molecule has 0 spiro atoms. The van der Waals surface area contributed by atoms with Crippen LogP contribution in [0.4, 0.5) is 0 Å². The molecule has 0 aliphatic carbocycles. The lowest BCUT2D eigenvalue weighted by atomic mass is 10.2. The highest BCUT2D eigenvalue weighted by Crippen LogP contribution is 2.35. The minimum atomic E-state index is -1.13. The first-order valence-corrected chi connectivity index (χ1v) is 12.2. The number of carbonyl (C=O) groups is 1. The van der Waals surface area contributed by atoms with Crippen LogP contribution in [0.3, 0.4) is 0 Å². The maximum absolute atomic E-state index is 11.9. The fraction of sp³-hybridized carbons (Fsp3) is 0.0800. The third-order valence-corrected chi connectivity index (χ3v) is 6.40. The molecule has 4 aromatic rings. The largest absolute Gasteiger partial charge is 0.496 e. The Morgan fingerprint density at radius 2 is 1.89 bits per heavy atom. The van der Waals surface area contributed by atoms with Gasteiger partial charge in [-0.15, -0.1) is 10.2 Å². The van der Waals surface area contributed by atoms with Gasteiger partial charge >= 0.3 is 5.97 Å². The Hall–Kier alpha value is -3.27. The van der Waals surface area contributed by atoms with Gasteiger partial charge in [0.15, 0.2) is 0 Å². The van der Waals surface area contributed by atoms with E-state index in [1.807, 2.05) is 30.3 Å². The summed E-state index contributed by atoms with van der Waals surface area (Å²) in [4.78, 5) is 11.9. The fourth-order valence-corrected chi connectivity index (χ4v) is 4.40. The summed E-state index contributed by atoms with van der Waals surface area (Å²) in [6.07, 6.45) is 1.52. The molecule has 10 heteroatoms. The maximum Gasteiger partial charge on any atom is 0.342 e. The van der Waals surface area contributed by atoms with E-state index >= 15 is 0 Å². The van der Waals surface area contributed by atoms with E-state index in [1.54, 1.807) is 36.4 Å². The van der Waals surface area contributed by atoms with Crippen molar-refractivity contribution in [3.05, 3.63) is 92.3 Å². The monoisotopic (exact) mass is 572 g/mol. The van der Waals surface area contributed by atoms with Crippen molar-refractivity contribution in [1.29, 1.82) is 0 Å². The van der Waals surface area contributed by atoms with Gasteiger partial charge in [-0.2, -0.15) is 0 Å². The van der Waals surface area contributed by atoms with Gasteiger partial charge in [-0.1, -0.05) is 48.0 Å². The summed E-state index contributed by atoms with van der Waals surface area (Å²) in [5.41, 5.74) is 2.21. The molecule has 0 fully saturated rings. The highest BCUT2D eigenvalue weighted by atomic mass is 79.9. The second-order valence-electron chi connectivity index (χ2n) is 7.10. The van der Waals surface area contributed by atoms with Crippen LogP contribution in [0, 0.1) is 0 Å².